The zero-order chi connectivity index (χ0) is 13.6. The molecule has 1 aliphatic rings. The Morgan fingerprint density at radius 1 is 1.00 bits per heavy atom. The third-order valence-electron chi connectivity index (χ3n) is 4.74. The molecule has 1 unspecified atom stereocenters. The lowest BCUT2D eigenvalue weighted by atomic mass is 9.67. The molecular weight excluding hydrogens is 218 g/mol. The maximum atomic E-state index is 3.81. The van der Waals surface area contributed by atoms with Crippen molar-refractivity contribution < 1.29 is 0 Å². The minimum atomic E-state index is 0.148. The highest BCUT2D eigenvalue weighted by molar-refractivity contribution is 5.42. The van der Waals surface area contributed by atoms with Gasteiger partial charge < -0.3 is 5.32 Å². The molecule has 18 heavy (non-hydrogen) atoms. The second kappa shape index (κ2) is 4.38. The van der Waals surface area contributed by atoms with Gasteiger partial charge in [-0.05, 0) is 67.8 Å². The fourth-order valence-corrected chi connectivity index (χ4v) is 3.44. The van der Waals surface area contributed by atoms with Crippen LogP contribution < -0.4 is 5.32 Å². The van der Waals surface area contributed by atoms with Crippen molar-refractivity contribution in [1.29, 1.82) is 0 Å². The second-order valence-electron chi connectivity index (χ2n) is 6.94. The highest BCUT2D eigenvalue weighted by atomic mass is 15.0. The maximum Gasteiger partial charge on any atom is 0.0486 e. The quantitative estimate of drug-likeness (QED) is 0.780. The fraction of sp³-hybridized carbons (Fsp3) is 0.647. The summed E-state index contributed by atoms with van der Waals surface area (Å²) in [6.45, 7) is 14.9. The van der Waals surface area contributed by atoms with E-state index < -0.39 is 0 Å². The molecular formula is C17H27N. The SMILES string of the molecule is Cc1cc(C)c(C2(C(C)(C)C)CCCN2)cc1C. The minimum absolute atomic E-state index is 0.148. The second-order valence-corrected chi connectivity index (χ2v) is 6.94. The standard InChI is InChI=1S/C17H27N/c1-12-10-14(3)15(11-13(12)2)17(16(4,5)6)8-7-9-18-17/h10-11,18H,7-9H2,1-6H3. The number of hydrogen-bond donors (Lipinski definition) is 1. The number of nitrogens with one attached hydrogen (secondary N) is 1. The summed E-state index contributed by atoms with van der Waals surface area (Å²) >= 11 is 0. The lowest BCUT2D eigenvalue weighted by Crippen LogP contribution is -2.48. The molecule has 1 nitrogen and oxygen atoms in total. The van der Waals surface area contributed by atoms with Crippen LogP contribution in [-0.2, 0) is 5.54 Å². The van der Waals surface area contributed by atoms with Crippen LogP contribution in [-0.4, -0.2) is 6.54 Å². The van der Waals surface area contributed by atoms with E-state index in [-0.39, 0.29) is 11.0 Å². The Morgan fingerprint density at radius 3 is 2.11 bits per heavy atom. The fourth-order valence-electron chi connectivity index (χ4n) is 3.44. The molecule has 1 aliphatic heterocycles. The van der Waals surface area contributed by atoms with E-state index in [1.165, 1.54) is 35.1 Å². The smallest absolute Gasteiger partial charge is 0.0486 e. The van der Waals surface area contributed by atoms with Crippen molar-refractivity contribution in [2.45, 2.75) is 59.9 Å². The van der Waals surface area contributed by atoms with Gasteiger partial charge in [-0.2, -0.15) is 0 Å². The van der Waals surface area contributed by atoms with Gasteiger partial charge in [0.05, 0.1) is 0 Å². The lowest BCUT2D eigenvalue weighted by Gasteiger charge is -2.44. The molecule has 1 heterocycles. The normalized spacial score (nSPS) is 24.6. The van der Waals surface area contributed by atoms with Gasteiger partial charge in [-0.1, -0.05) is 32.9 Å². The van der Waals surface area contributed by atoms with Gasteiger partial charge in [0, 0.05) is 5.54 Å². The van der Waals surface area contributed by atoms with Crippen LogP contribution in [0, 0.1) is 26.2 Å². The Balaban J connectivity index is 2.61. The molecule has 1 atom stereocenters. The highest BCUT2D eigenvalue weighted by Gasteiger charge is 2.45. The van der Waals surface area contributed by atoms with Crippen LogP contribution in [0.4, 0.5) is 0 Å². The zero-order valence-electron chi connectivity index (χ0n) is 12.8. The molecule has 1 heteroatoms. The van der Waals surface area contributed by atoms with Crippen LogP contribution >= 0.6 is 0 Å². The van der Waals surface area contributed by atoms with Crippen LogP contribution in [0.5, 0.6) is 0 Å². The molecule has 0 radical (unpaired) electrons. The van der Waals surface area contributed by atoms with Crippen molar-refractivity contribution in [1.82, 2.24) is 5.32 Å². The topological polar surface area (TPSA) is 12.0 Å². The summed E-state index contributed by atoms with van der Waals surface area (Å²) in [6.07, 6.45) is 2.53. The number of benzene rings is 1. The summed E-state index contributed by atoms with van der Waals surface area (Å²) in [7, 11) is 0. The Hall–Kier alpha value is -0.820. The number of aryl methyl sites for hydroxylation is 3. The Kier molecular flexibility index (Phi) is 3.31. The van der Waals surface area contributed by atoms with Crippen molar-refractivity contribution >= 4 is 0 Å². The highest BCUT2D eigenvalue weighted by Crippen LogP contribution is 2.46. The van der Waals surface area contributed by atoms with E-state index in [4.69, 9.17) is 0 Å². The largest absolute Gasteiger partial charge is 0.307 e. The van der Waals surface area contributed by atoms with Crippen molar-refractivity contribution in [3.63, 3.8) is 0 Å². The predicted octanol–water partition coefficient (Wildman–Crippen LogP) is 4.24. The van der Waals surface area contributed by atoms with E-state index in [2.05, 4.69) is 59.0 Å². The van der Waals surface area contributed by atoms with Gasteiger partial charge in [0.2, 0.25) is 0 Å². The van der Waals surface area contributed by atoms with Gasteiger partial charge >= 0.3 is 0 Å². The molecule has 100 valence electrons. The van der Waals surface area contributed by atoms with Crippen LogP contribution in [0.25, 0.3) is 0 Å². The maximum absolute atomic E-state index is 3.81. The van der Waals surface area contributed by atoms with E-state index in [1.54, 1.807) is 0 Å². The average Bonchev–Trinajstić information content (AvgIpc) is 2.72. The van der Waals surface area contributed by atoms with Crippen molar-refractivity contribution in [3.05, 3.63) is 34.4 Å². The summed E-state index contributed by atoms with van der Waals surface area (Å²) in [5, 5.41) is 3.81. The summed E-state index contributed by atoms with van der Waals surface area (Å²) in [5.74, 6) is 0. The molecule has 1 aromatic rings. The Bertz CT molecular complexity index is 445. The molecule has 1 N–H and O–H groups in total. The van der Waals surface area contributed by atoms with Gasteiger partial charge in [0.15, 0.2) is 0 Å². The Labute approximate surface area is 112 Å². The number of rotatable bonds is 1. The summed E-state index contributed by atoms with van der Waals surface area (Å²) in [4.78, 5) is 0. The summed E-state index contributed by atoms with van der Waals surface area (Å²) in [5.41, 5.74) is 6.15. The first-order valence-corrected chi connectivity index (χ1v) is 7.11. The molecule has 0 saturated carbocycles. The molecule has 0 aliphatic carbocycles. The first-order chi connectivity index (χ1) is 8.28. The monoisotopic (exact) mass is 245 g/mol. The van der Waals surface area contributed by atoms with Crippen molar-refractivity contribution in [2.24, 2.45) is 5.41 Å². The third-order valence-corrected chi connectivity index (χ3v) is 4.74. The third kappa shape index (κ3) is 1.99. The minimum Gasteiger partial charge on any atom is -0.307 e. The molecule has 1 saturated heterocycles. The molecule has 0 bridgehead atoms. The van der Waals surface area contributed by atoms with Crippen LogP contribution in [0.2, 0.25) is 0 Å². The van der Waals surface area contributed by atoms with Crippen LogP contribution in [0.15, 0.2) is 12.1 Å². The van der Waals surface area contributed by atoms with E-state index in [1.807, 2.05) is 0 Å². The molecule has 2 rings (SSSR count). The molecule has 0 spiro atoms. The van der Waals surface area contributed by atoms with E-state index >= 15 is 0 Å². The first kappa shape index (κ1) is 13.6. The molecule has 0 amide bonds. The molecule has 0 aromatic heterocycles. The van der Waals surface area contributed by atoms with Crippen LogP contribution in [0.1, 0.15) is 55.9 Å². The van der Waals surface area contributed by atoms with Gasteiger partial charge in [0.1, 0.15) is 0 Å². The Morgan fingerprint density at radius 2 is 1.61 bits per heavy atom. The van der Waals surface area contributed by atoms with Gasteiger partial charge in [-0.3, -0.25) is 0 Å². The first-order valence-electron chi connectivity index (χ1n) is 7.11. The summed E-state index contributed by atoms with van der Waals surface area (Å²) < 4.78 is 0. The lowest BCUT2D eigenvalue weighted by molar-refractivity contribution is 0.160. The van der Waals surface area contributed by atoms with Crippen molar-refractivity contribution in [3.8, 4) is 0 Å². The van der Waals surface area contributed by atoms with Gasteiger partial charge in [0.25, 0.3) is 0 Å². The van der Waals surface area contributed by atoms with Gasteiger partial charge in [-0.25, -0.2) is 0 Å². The number of hydrogen-bond acceptors (Lipinski definition) is 1. The summed E-state index contributed by atoms with van der Waals surface area (Å²) in [6, 6.07) is 4.76. The zero-order valence-corrected chi connectivity index (χ0v) is 12.8. The van der Waals surface area contributed by atoms with E-state index in [0.717, 1.165) is 6.54 Å². The van der Waals surface area contributed by atoms with Crippen molar-refractivity contribution in [2.75, 3.05) is 6.54 Å². The molecule has 1 fully saturated rings. The van der Waals surface area contributed by atoms with E-state index in [0.29, 0.717) is 0 Å². The van der Waals surface area contributed by atoms with Crippen LogP contribution in [0.3, 0.4) is 0 Å². The van der Waals surface area contributed by atoms with E-state index in [9.17, 15) is 0 Å². The van der Waals surface area contributed by atoms with Gasteiger partial charge in [-0.15, -0.1) is 0 Å². The predicted molar refractivity (Wildman–Crippen MR) is 79.0 cm³/mol. The molecule has 1 aromatic carbocycles. The average molecular weight is 245 g/mol.